The topological polar surface area (TPSA) is 79.3 Å². The van der Waals surface area contributed by atoms with E-state index < -0.39 is 23.6 Å². The second-order valence-electron chi connectivity index (χ2n) is 8.90. The summed E-state index contributed by atoms with van der Waals surface area (Å²) in [5.74, 6) is -1.01. The number of amides is 3. The van der Waals surface area contributed by atoms with Gasteiger partial charge in [0.25, 0.3) is 0 Å². The molecule has 0 saturated carbocycles. The van der Waals surface area contributed by atoms with Crippen molar-refractivity contribution in [1.29, 1.82) is 0 Å². The largest absolute Gasteiger partial charge is 0.322 e. The number of carbonyl (C=O) groups is 2. The zero-order chi connectivity index (χ0) is 26.4. The van der Waals surface area contributed by atoms with Gasteiger partial charge in [-0.25, -0.2) is 18.3 Å². The molecule has 4 rings (SSSR count). The van der Waals surface area contributed by atoms with Gasteiger partial charge in [0.15, 0.2) is 0 Å². The molecule has 0 saturated heterocycles. The predicted octanol–water partition coefficient (Wildman–Crippen LogP) is 5.95. The maximum Gasteiger partial charge on any atom is 0.322 e. The maximum absolute atomic E-state index is 14.1. The summed E-state index contributed by atoms with van der Waals surface area (Å²) in [5, 5.41) is 9.96. The van der Waals surface area contributed by atoms with Gasteiger partial charge >= 0.3 is 6.03 Å². The summed E-state index contributed by atoms with van der Waals surface area (Å²) in [5.41, 5.74) is 2.03. The maximum atomic E-state index is 14.1. The van der Waals surface area contributed by atoms with E-state index in [1.807, 2.05) is 44.2 Å². The Labute approximate surface area is 213 Å². The lowest BCUT2D eigenvalue weighted by atomic mass is 10.1. The highest BCUT2D eigenvalue weighted by atomic mass is 19.1. The van der Waals surface area contributed by atoms with Crippen molar-refractivity contribution in [3.8, 4) is 16.9 Å². The van der Waals surface area contributed by atoms with Crippen molar-refractivity contribution in [1.82, 2.24) is 14.7 Å². The first-order valence-electron chi connectivity index (χ1n) is 11.8. The first kappa shape index (κ1) is 25.6. The van der Waals surface area contributed by atoms with Crippen LogP contribution in [0.25, 0.3) is 16.9 Å². The van der Waals surface area contributed by atoms with E-state index in [4.69, 9.17) is 0 Å². The summed E-state index contributed by atoms with van der Waals surface area (Å²) in [6, 6.07) is 22.1. The van der Waals surface area contributed by atoms with Crippen LogP contribution in [0.4, 0.5) is 25.1 Å². The number of halogens is 2. The number of nitrogens with one attached hydrogen (secondary N) is 2. The summed E-state index contributed by atoms with van der Waals surface area (Å²) in [6.07, 6.45) is 0. The number of nitrogens with zero attached hydrogens (tertiary/aromatic N) is 3. The number of aromatic nitrogens is 2. The zero-order valence-corrected chi connectivity index (χ0v) is 20.5. The molecule has 0 bridgehead atoms. The Morgan fingerprint density at radius 2 is 1.59 bits per heavy atom. The van der Waals surface area contributed by atoms with E-state index in [1.54, 1.807) is 24.3 Å². The molecule has 7 nitrogen and oxygen atoms in total. The van der Waals surface area contributed by atoms with Gasteiger partial charge in [0.05, 0.1) is 17.1 Å². The summed E-state index contributed by atoms with van der Waals surface area (Å²) in [6.45, 7) is 3.84. The van der Waals surface area contributed by atoms with Crippen LogP contribution >= 0.6 is 0 Å². The third kappa shape index (κ3) is 6.58. The normalized spacial score (nSPS) is 10.8. The monoisotopic (exact) mass is 503 g/mol. The Morgan fingerprint density at radius 3 is 2.27 bits per heavy atom. The number of hydrogen-bond donors (Lipinski definition) is 2. The minimum atomic E-state index is -0.592. The SMILES string of the molecule is CC(C)CN(CC(=O)Nc1cc(-c2ccccc2)nn1-c1ccc(F)cc1)C(=O)Nc1ccccc1F. The van der Waals surface area contributed by atoms with Crippen LogP contribution in [0.5, 0.6) is 0 Å². The Balaban J connectivity index is 1.57. The molecule has 0 unspecified atom stereocenters. The van der Waals surface area contributed by atoms with E-state index in [2.05, 4.69) is 15.7 Å². The van der Waals surface area contributed by atoms with E-state index in [0.29, 0.717) is 17.2 Å². The molecule has 3 amide bonds. The Bertz CT molecular complexity index is 1370. The Kier molecular flexibility index (Phi) is 7.92. The lowest BCUT2D eigenvalue weighted by Crippen LogP contribution is -2.42. The van der Waals surface area contributed by atoms with Gasteiger partial charge in [0, 0.05) is 18.2 Å². The van der Waals surface area contributed by atoms with Gasteiger partial charge in [-0.1, -0.05) is 56.3 Å². The average molecular weight is 504 g/mol. The molecule has 0 aliphatic rings. The first-order valence-corrected chi connectivity index (χ1v) is 11.8. The van der Waals surface area contributed by atoms with Crippen molar-refractivity contribution in [3.05, 3.63) is 96.6 Å². The van der Waals surface area contributed by atoms with Gasteiger partial charge in [-0.15, -0.1) is 0 Å². The highest BCUT2D eigenvalue weighted by Gasteiger charge is 2.21. The fourth-order valence-corrected chi connectivity index (χ4v) is 3.77. The van der Waals surface area contributed by atoms with E-state index in [9.17, 15) is 18.4 Å². The van der Waals surface area contributed by atoms with E-state index in [-0.39, 0.29) is 24.7 Å². The van der Waals surface area contributed by atoms with Crippen molar-refractivity contribution >= 4 is 23.4 Å². The molecule has 9 heteroatoms. The van der Waals surface area contributed by atoms with E-state index in [1.165, 1.54) is 39.9 Å². The molecular weight excluding hydrogens is 476 g/mol. The third-order valence-corrected chi connectivity index (χ3v) is 5.44. The van der Waals surface area contributed by atoms with Crippen LogP contribution < -0.4 is 10.6 Å². The van der Waals surface area contributed by atoms with Crippen LogP contribution in [0.15, 0.2) is 84.9 Å². The van der Waals surface area contributed by atoms with Crippen LogP contribution in [0.2, 0.25) is 0 Å². The minimum Gasteiger partial charge on any atom is -0.315 e. The minimum absolute atomic E-state index is 0.0311. The van der Waals surface area contributed by atoms with Gasteiger partial charge in [-0.05, 0) is 42.3 Å². The molecule has 3 aromatic carbocycles. The second-order valence-corrected chi connectivity index (χ2v) is 8.90. The summed E-state index contributed by atoms with van der Waals surface area (Å²) >= 11 is 0. The molecule has 37 heavy (non-hydrogen) atoms. The molecule has 0 aliphatic heterocycles. The molecule has 0 spiro atoms. The number of urea groups is 1. The van der Waals surface area contributed by atoms with Gasteiger partial charge in [-0.2, -0.15) is 5.10 Å². The molecule has 1 aromatic heterocycles. The van der Waals surface area contributed by atoms with Gasteiger partial charge in [0.1, 0.15) is 24.0 Å². The quantitative estimate of drug-likeness (QED) is 0.312. The van der Waals surface area contributed by atoms with Gasteiger partial charge in [0.2, 0.25) is 5.91 Å². The fourth-order valence-electron chi connectivity index (χ4n) is 3.77. The van der Waals surface area contributed by atoms with Crippen molar-refractivity contribution in [2.45, 2.75) is 13.8 Å². The molecule has 0 fully saturated rings. The molecule has 4 aromatic rings. The fraction of sp³-hybridized carbons (Fsp3) is 0.179. The lowest BCUT2D eigenvalue weighted by Gasteiger charge is -2.24. The summed E-state index contributed by atoms with van der Waals surface area (Å²) in [4.78, 5) is 27.3. The van der Waals surface area contributed by atoms with E-state index in [0.717, 1.165) is 5.56 Å². The number of rotatable bonds is 8. The number of carbonyl (C=O) groups excluding carboxylic acids is 2. The van der Waals surface area contributed by atoms with Crippen LogP contribution in [-0.4, -0.2) is 39.7 Å². The summed E-state index contributed by atoms with van der Waals surface area (Å²) in [7, 11) is 0. The van der Waals surface area contributed by atoms with Crippen molar-refractivity contribution in [2.24, 2.45) is 5.92 Å². The van der Waals surface area contributed by atoms with Crippen LogP contribution in [0.3, 0.4) is 0 Å². The predicted molar refractivity (Wildman–Crippen MR) is 139 cm³/mol. The molecule has 0 radical (unpaired) electrons. The number of anilines is 2. The average Bonchev–Trinajstić information content (AvgIpc) is 3.29. The highest BCUT2D eigenvalue weighted by Crippen LogP contribution is 2.25. The molecule has 1 heterocycles. The second kappa shape index (κ2) is 11.5. The van der Waals surface area contributed by atoms with Crippen molar-refractivity contribution in [3.63, 3.8) is 0 Å². The van der Waals surface area contributed by atoms with E-state index >= 15 is 0 Å². The summed E-state index contributed by atoms with van der Waals surface area (Å²) < 4.78 is 29.1. The van der Waals surface area contributed by atoms with Crippen molar-refractivity contribution in [2.75, 3.05) is 23.7 Å². The smallest absolute Gasteiger partial charge is 0.315 e. The molecule has 0 atom stereocenters. The number of benzene rings is 3. The Morgan fingerprint density at radius 1 is 0.919 bits per heavy atom. The first-order chi connectivity index (χ1) is 17.8. The zero-order valence-electron chi connectivity index (χ0n) is 20.5. The highest BCUT2D eigenvalue weighted by molar-refractivity contribution is 5.97. The number of para-hydroxylation sites is 1. The van der Waals surface area contributed by atoms with Crippen LogP contribution in [0.1, 0.15) is 13.8 Å². The van der Waals surface area contributed by atoms with Gasteiger partial charge < -0.3 is 15.5 Å². The molecule has 0 aliphatic carbocycles. The molecule has 2 N–H and O–H groups in total. The third-order valence-electron chi connectivity index (χ3n) is 5.44. The van der Waals surface area contributed by atoms with Crippen molar-refractivity contribution < 1.29 is 18.4 Å². The lowest BCUT2D eigenvalue weighted by molar-refractivity contribution is -0.116. The van der Waals surface area contributed by atoms with Crippen LogP contribution in [0, 0.1) is 17.6 Å². The standard InChI is InChI=1S/C28H27F2N5O2/c1-19(2)17-34(28(37)31-24-11-7-6-10-23(24)30)18-27(36)32-26-16-25(20-8-4-3-5-9-20)33-35(26)22-14-12-21(29)13-15-22/h3-16,19H,17-18H2,1-2H3,(H,31,37)(H,32,36). The van der Waals surface area contributed by atoms with Crippen LogP contribution in [-0.2, 0) is 4.79 Å². The molecule has 190 valence electrons. The number of hydrogen-bond acceptors (Lipinski definition) is 3. The Hall–Kier alpha value is -4.53. The van der Waals surface area contributed by atoms with Gasteiger partial charge in [-0.3, -0.25) is 4.79 Å². The molecular formula is C28H27F2N5O2.